The lowest BCUT2D eigenvalue weighted by Crippen LogP contribution is -2.50. The Bertz CT molecular complexity index is 193. The van der Waals surface area contributed by atoms with E-state index in [2.05, 4.69) is 39.6 Å². The fourth-order valence-electron chi connectivity index (χ4n) is 3.14. The Morgan fingerprint density at radius 3 is 2.38 bits per heavy atom. The van der Waals surface area contributed by atoms with Crippen LogP contribution in [0.5, 0.6) is 0 Å². The molecular formula is C14H29NO. The number of aliphatic hydroxyl groups is 1. The standard InChI is InChI=1S/C14H29NO/c1-10(2)6-7-15(5)14-12(4)8-11(3)9-13(14)16/h10-14,16H,6-9H2,1-5H3. The summed E-state index contributed by atoms with van der Waals surface area (Å²) in [7, 11) is 2.17. The van der Waals surface area contributed by atoms with E-state index in [0.717, 1.165) is 18.9 Å². The lowest BCUT2D eigenvalue weighted by molar-refractivity contribution is -0.0152. The first-order chi connectivity index (χ1) is 7.41. The zero-order valence-electron chi connectivity index (χ0n) is 11.6. The molecule has 1 N–H and O–H groups in total. The van der Waals surface area contributed by atoms with Crippen molar-refractivity contribution in [1.29, 1.82) is 0 Å². The Balaban J connectivity index is 2.49. The van der Waals surface area contributed by atoms with E-state index >= 15 is 0 Å². The van der Waals surface area contributed by atoms with Gasteiger partial charge in [-0.25, -0.2) is 0 Å². The van der Waals surface area contributed by atoms with Crippen LogP contribution in [0.15, 0.2) is 0 Å². The molecule has 1 rings (SSSR count). The van der Waals surface area contributed by atoms with Crippen LogP contribution in [0.1, 0.15) is 47.0 Å². The first kappa shape index (κ1) is 14.0. The normalized spacial score (nSPS) is 36.0. The summed E-state index contributed by atoms with van der Waals surface area (Å²) >= 11 is 0. The van der Waals surface area contributed by atoms with Crippen LogP contribution in [0.3, 0.4) is 0 Å². The van der Waals surface area contributed by atoms with Gasteiger partial charge in [0.1, 0.15) is 0 Å². The van der Waals surface area contributed by atoms with Crippen molar-refractivity contribution in [2.75, 3.05) is 13.6 Å². The number of aliphatic hydroxyl groups excluding tert-OH is 1. The molecule has 96 valence electrons. The fourth-order valence-corrected chi connectivity index (χ4v) is 3.14. The average molecular weight is 227 g/mol. The Kier molecular flexibility index (Phi) is 5.26. The molecule has 4 unspecified atom stereocenters. The molecule has 4 atom stereocenters. The zero-order valence-corrected chi connectivity index (χ0v) is 11.6. The molecule has 0 aromatic rings. The average Bonchev–Trinajstić information content (AvgIpc) is 2.12. The van der Waals surface area contributed by atoms with Crippen molar-refractivity contribution < 1.29 is 5.11 Å². The second-order valence-corrected chi connectivity index (χ2v) is 6.27. The molecule has 1 fully saturated rings. The molecule has 1 saturated carbocycles. The lowest BCUT2D eigenvalue weighted by atomic mass is 9.77. The molecule has 0 aromatic carbocycles. The molecular weight excluding hydrogens is 198 g/mol. The van der Waals surface area contributed by atoms with Gasteiger partial charge < -0.3 is 10.0 Å². The molecule has 0 radical (unpaired) electrons. The summed E-state index contributed by atoms with van der Waals surface area (Å²) in [5, 5.41) is 10.2. The van der Waals surface area contributed by atoms with Crippen molar-refractivity contribution in [2.45, 2.75) is 59.1 Å². The topological polar surface area (TPSA) is 23.5 Å². The first-order valence-corrected chi connectivity index (χ1v) is 6.80. The first-order valence-electron chi connectivity index (χ1n) is 6.80. The van der Waals surface area contributed by atoms with Crippen molar-refractivity contribution in [2.24, 2.45) is 17.8 Å². The highest BCUT2D eigenvalue weighted by molar-refractivity contribution is 4.88. The maximum Gasteiger partial charge on any atom is 0.0700 e. The maximum absolute atomic E-state index is 10.2. The summed E-state index contributed by atoms with van der Waals surface area (Å²) in [5.41, 5.74) is 0. The third kappa shape index (κ3) is 3.74. The molecule has 16 heavy (non-hydrogen) atoms. The van der Waals surface area contributed by atoms with Crippen LogP contribution in [0, 0.1) is 17.8 Å². The molecule has 0 saturated heterocycles. The highest BCUT2D eigenvalue weighted by atomic mass is 16.3. The summed E-state index contributed by atoms with van der Waals surface area (Å²) in [5.74, 6) is 2.05. The molecule has 0 spiro atoms. The summed E-state index contributed by atoms with van der Waals surface area (Å²) in [6, 6.07) is 0.370. The van der Waals surface area contributed by atoms with Gasteiger partial charge in [0.15, 0.2) is 0 Å². The highest BCUT2D eigenvalue weighted by Gasteiger charge is 2.34. The highest BCUT2D eigenvalue weighted by Crippen LogP contribution is 2.31. The molecule has 0 amide bonds. The van der Waals surface area contributed by atoms with Crippen LogP contribution in [-0.4, -0.2) is 35.7 Å². The van der Waals surface area contributed by atoms with Gasteiger partial charge in [0.2, 0.25) is 0 Å². The van der Waals surface area contributed by atoms with Gasteiger partial charge in [0.05, 0.1) is 6.10 Å². The van der Waals surface area contributed by atoms with E-state index in [1.807, 2.05) is 0 Å². The van der Waals surface area contributed by atoms with Gasteiger partial charge in [-0.15, -0.1) is 0 Å². The minimum Gasteiger partial charge on any atom is -0.391 e. The van der Waals surface area contributed by atoms with Crippen LogP contribution >= 0.6 is 0 Å². The molecule has 0 heterocycles. The molecule has 0 bridgehead atoms. The Morgan fingerprint density at radius 1 is 1.25 bits per heavy atom. The minimum atomic E-state index is -0.129. The molecule has 1 aliphatic carbocycles. The van der Waals surface area contributed by atoms with E-state index < -0.39 is 0 Å². The molecule has 1 aliphatic rings. The third-order valence-corrected chi connectivity index (χ3v) is 3.96. The van der Waals surface area contributed by atoms with Crippen LogP contribution < -0.4 is 0 Å². The second-order valence-electron chi connectivity index (χ2n) is 6.27. The maximum atomic E-state index is 10.2. The van der Waals surface area contributed by atoms with E-state index in [4.69, 9.17) is 0 Å². The Hall–Kier alpha value is -0.0800. The largest absolute Gasteiger partial charge is 0.391 e. The van der Waals surface area contributed by atoms with Gasteiger partial charge >= 0.3 is 0 Å². The van der Waals surface area contributed by atoms with Gasteiger partial charge in [-0.2, -0.15) is 0 Å². The van der Waals surface area contributed by atoms with E-state index in [1.165, 1.54) is 12.8 Å². The summed E-state index contributed by atoms with van der Waals surface area (Å²) in [6.45, 7) is 10.2. The fraction of sp³-hybridized carbons (Fsp3) is 1.00. The van der Waals surface area contributed by atoms with Gasteiger partial charge in [0.25, 0.3) is 0 Å². The van der Waals surface area contributed by atoms with Gasteiger partial charge in [-0.1, -0.05) is 27.7 Å². The quantitative estimate of drug-likeness (QED) is 0.798. The van der Waals surface area contributed by atoms with Gasteiger partial charge in [-0.3, -0.25) is 0 Å². The number of rotatable bonds is 4. The monoisotopic (exact) mass is 227 g/mol. The van der Waals surface area contributed by atoms with E-state index in [9.17, 15) is 5.11 Å². The van der Waals surface area contributed by atoms with Crippen LogP contribution in [0.4, 0.5) is 0 Å². The summed E-state index contributed by atoms with van der Waals surface area (Å²) in [6.07, 6.45) is 3.33. The molecule has 0 aromatic heterocycles. The summed E-state index contributed by atoms with van der Waals surface area (Å²) < 4.78 is 0. The van der Waals surface area contributed by atoms with Crippen molar-refractivity contribution >= 4 is 0 Å². The van der Waals surface area contributed by atoms with E-state index in [1.54, 1.807) is 0 Å². The molecule has 0 aliphatic heterocycles. The number of likely N-dealkylation sites (N-methyl/N-ethyl adjacent to an activating group) is 1. The molecule has 2 heteroatoms. The number of nitrogens with zero attached hydrogens (tertiary/aromatic N) is 1. The Labute approximate surface area is 101 Å². The van der Waals surface area contributed by atoms with Gasteiger partial charge in [-0.05, 0) is 50.6 Å². The van der Waals surface area contributed by atoms with E-state index in [0.29, 0.717) is 17.9 Å². The Morgan fingerprint density at radius 2 is 1.88 bits per heavy atom. The van der Waals surface area contributed by atoms with Crippen molar-refractivity contribution in [3.63, 3.8) is 0 Å². The third-order valence-electron chi connectivity index (χ3n) is 3.96. The van der Waals surface area contributed by atoms with Gasteiger partial charge in [0, 0.05) is 6.04 Å². The summed E-state index contributed by atoms with van der Waals surface area (Å²) in [4.78, 5) is 2.38. The smallest absolute Gasteiger partial charge is 0.0700 e. The number of hydrogen-bond acceptors (Lipinski definition) is 2. The van der Waals surface area contributed by atoms with Crippen molar-refractivity contribution in [3.05, 3.63) is 0 Å². The van der Waals surface area contributed by atoms with E-state index in [-0.39, 0.29) is 6.10 Å². The predicted molar refractivity (Wildman–Crippen MR) is 69.4 cm³/mol. The predicted octanol–water partition coefficient (Wildman–Crippen LogP) is 2.76. The minimum absolute atomic E-state index is 0.129. The van der Waals surface area contributed by atoms with Crippen LogP contribution in [0.25, 0.3) is 0 Å². The van der Waals surface area contributed by atoms with Crippen LogP contribution in [0.2, 0.25) is 0 Å². The van der Waals surface area contributed by atoms with Crippen LogP contribution in [-0.2, 0) is 0 Å². The zero-order chi connectivity index (χ0) is 12.3. The SMILES string of the molecule is CC(C)CCN(C)C1C(C)CC(C)CC1O. The lowest BCUT2D eigenvalue weighted by Gasteiger charge is -2.42. The van der Waals surface area contributed by atoms with Crippen molar-refractivity contribution in [1.82, 2.24) is 4.90 Å². The number of hydrogen-bond donors (Lipinski definition) is 1. The van der Waals surface area contributed by atoms with Crippen molar-refractivity contribution in [3.8, 4) is 0 Å². The second kappa shape index (κ2) is 6.02. The molecule has 2 nitrogen and oxygen atoms in total.